The summed E-state index contributed by atoms with van der Waals surface area (Å²) in [6, 6.07) is 6.03. The molecule has 0 fully saturated rings. The number of hydrogen-bond acceptors (Lipinski definition) is 3. The molecule has 0 unspecified atom stereocenters. The molecule has 4 heteroatoms. The van der Waals surface area contributed by atoms with Crippen LogP contribution < -0.4 is 10.1 Å². The molecule has 0 spiro atoms. The van der Waals surface area contributed by atoms with Gasteiger partial charge in [0, 0.05) is 35.0 Å². The maximum absolute atomic E-state index is 10.9. The Morgan fingerprint density at radius 1 is 1.42 bits per heavy atom. The van der Waals surface area contributed by atoms with E-state index in [9.17, 15) is 4.79 Å². The highest BCUT2D eigenvalue weighted by molar-refractivity contribution is 9.10. The number of rotatable bonds is 7. The summed E-state index contributed by atoms with van der Waals surface area (Å²) in [5.41, 5.74) is 1.09. The molecule has 0 saturated carbocycles. The van der Waals surface area contributed by atoms with Crippen LogP contribution in [-0.4, -0.2) is 26.0 Å². The Balaban J connectivity index is 2.75. The number of Topliss-reactive ketones (excluding diaryl/α,β-unsaturated/α-hetero) is 1. The lowest BCUT2D eigenvalue weighted by molar-refractivity contribution is -0.116. The zero-order chi connectivity index (χ0) is 14.5. The first kappa shape index (κ1) is 16.2. The summed E-state index contributed by atoms with van der Waals surface area (Å²) in [5.74, 6) is 1.10. The lowest BCUT2D eigenvalue weighted by atomic mass is 9.84. The third kappa shape index (κ3) is 4.96. The van der Waals surface area contributed by atoms with Gasteiger partial charge in [-0.05, 0) is 25.1 Å². The second kappa shape index (κ2) is 7.06. The predicted octanol–water partition coefficient (Wildman–Crippen LogP) is 3.30. The largest absolute Gasteiger partial charge is 0.496 e. The molecule has 0 aromatic heterocycles. The fourth-order valence-electron chi connectivity index (χ4n) is 1.97. The highest BCUT2D eigenvalue weighted by atomic mass is 79.9. The summed E-state index contributed by atoms with van der Waals surface area (Å²) in [6.07, 6.45) is 0.575. The molecule has 106 valence electrons. The van der Waals surface area contributed by atoms with Gasteiger partial charge in [-0.1, -0.05) is 29.8 Å². The fourth-order valence-corrected chi connectivity index (χ4v) is 2.33. The summed E-state index contributed by atoms with van der Waals surface area (Å²) in [4.78, 5) is 10.9. The second-order valence-corrected chi connectivity index (χ2v) is 6.27. The molecule has 0 aliphatic heterocycles. The van der Waals surface area contributed by atoms with Gasteiger partial charge in [0.25, 0.3) is 0 Å². The zero-order valence-corrected chi connectivity index (χ0v) is 13.6. The zero-order valence-electron chi connectivity index (χ0n) is 12.0. The maximum atomic E-state index is 10.9. The topological polar surface area (TPSA) is 38.3 Å². The number of ether oxygens (including phenoxy) is 1. The minimum atomic E-state index is -0.0636. The Morgan fingerprint density at radius 3 is 2.68 bits per heavy atom. The Labute approximate surface area is 123 Å². The van der Waals surface area contributed by atoms with Gasteiger partial charge in [-0.25, -0.2) is 0 Å². The fraction of sp³-hybridized carbons (Fsp3) is 0.533. The van der Waals surface area contributed by atoms with E-state index >= 15 is 0 Å². The minimum Gasteiger partial charge on any atom is -0.496 e. The molecule has 1 aromatic rings. The molecule has 0 atom stereocenters. The summed E-state index contributed by atoms with van der Waals surface area (Å²) in [5, 5.41) is 3.33. The lowest BCUT2D eigenvalue weighted by Crippen LogP contribution is -2.34. The Bertz CT molecular complexity index is 444. The number of ketones is 1. The van der Waals surface area contributed by atoms with Crippen molar-refractivity contribution in [2.24, 2.45) is 0 Å². The number of carbonyl (C=O) groups is 1. The first-order valence-corrected chi connectivity index (χ1v) is 7.20. The highest BCUT2D eigenvalue weighted by Crippen LogP contribution is 2.33. The normalized spacial score (nSPS) is 11.4. The van der Waals surface area contributed by atoms with Gasteiger partial charge in [-0.15, -0.1) is 0 Å². The van der Waals surface area contributed by atoms with Gasteiger partial charge in [0.1, 0.15) is 11.5 Å². The first-order chi connectivity index (χ1) is 8.86. The Kier molecular flexibility index (Phi) is 6.01. The van der Waals surface area contributed by atoms with Crippen LogP contribution in [0.5, 0.6) is 5.75 Å². The molecule has 0 saturated heterocycles. The summed E-state index contributed by atoms with van der Waals surface area (Å²) in [7, 11) is 1.69. The monoisotopic (exact) mass is 327 g/mol. The van der Waals surface area contributed by atoms with E-state index in [4.69, 9.17) is 4.74 Å². The van der Waals surface area contributed by atoms with E-state index in [1.165, 1.54) is 0 Å². The molecular weight excluding hydrogens is 306 g/mol. The molecule has 1 N–H and O–H groups in total. The van der Waals surface area contributed by atoms with Crippen LogP contribution in [0.1, 0.15) is 32.8 Å². The van der Waals surface area contributed by atoms with E-state index in [-0.39, 0.29) is 11.2 Å². The van der Waals surface area contributed by atoms with Crippen LogP contribution in [0.4, 0.5) is 0 Å². The van der Waals surface area contributed by atoms with Crippen LogP contribution in [0, 0.1) is 0 Å². The number of carbonyl (C=O) groups excluding carboxylic acids is 1. The molecule has 0 bridgehead atoms. The van der Waals surface area contributed by atoms with Crippen molar-refractivity contribution >= 4 is 21.7 Å². The number of hydrogen-bond donors (Lipinski definition) is 1. The molecule has 0 aliphatic rings. The maximum Gasteiger partial charge on any atom is 0.131 e. The van der Waals surface area contributed by atoms with E-state index in [1.807, 2.05) is 12.1 Å². The summed E-state index contributed by atoms with van der Waals surface area (Å²) in [6.45, 7) is 7.46. The van der Waals surface area contributed by atoms with Crippen LogP contribution in [0.2, 0.25) is 0 Å². The number of benzene rings is 1. The first-order valence-electron chi connectivity index (χ1n) is 6.41. The van der Waals surface area contributed by atoms with Crippen LogP contribution in [0.25, 0.3) is 0 Å². The molecule has 0 aliphatic carbocycles. The Hall–Kier alpha value is -0.870. The van der Waals surface area contributed by atoms with E-state index in [0.29, 0.717) is 6.42 Å². The van der Waals surface area contributed by atoms with Crippen LogP contribution >= 0.6 is 15.9 Å². The molecule has 1 aromatic carbocycles. The third-order valence-corrected chi connectivity index (χ3v) is 3.60. The summed E-state index contributed by atoms with van der Waals surface area (Å²) < 4.78 is 6.47. The smallest absolute Gasteiger partial charge is 0.131 e. The van der Waals surface area contributed by atoms with Gasteiger partial charge >= 0.3 is 0 Å². The van der Waals surface area contributed by atoms with Crippen LogP contribution in [0.3, 0.4) is 0 Å². The van der Waals surface area contributed by atoms with E-state index in [0.717, 1.165) is 28.9 Å². The van der Waals surface area contributed by atoms with Crippen LogP contribution in [0.15, 0.2) is 22.7 Å². The number of methoxy groups -OCH3 is 1. The molecule has 3 nitrogen and oxygen atoms in total. The summed E-state index contributed by atoms with van der Waals surface area (Å²) >= 11 is 3.50. The molecule has 0 heterocycles. The highest BCUT2D eigenvalue weighted by Gasteiger charge is 2.24. The van der Waals surface area contributed by atoms with E-state index < -0.39 is 0 Å². The van der Waals surface area contributed by atoms with Crippen molar-refractivity contribution < 1.29 is 9.53 Å². The van der Waals surface area contributed by atoms with Crippen molar-refractivity contribution in [2.45, 2.75) is 32.6 Å². The molecule has 1 rings (SSSR count). The van der Waals surface area contributed by atoms with Crippen molar-refractivity contribution in [3.63, 3.8) is 0 Å². The van der Waals surface area contributed by atoms with E-state index in [2.05, 4.69) is 41.2 Å². The molecule has 0 amide bonds. The Morgan fingerprint density at radius 2 is 2.11 bits per heavy atom. The predicted molar refractivity (Wildman–Crippen MR) is 81.9 cm³/mol. The van der Waals surface area contributed by atoms with Crippen molar-refractivity contribution in [2.75, 3.05) is 20.2 Å². The van der Waals surface area contributed by atoms with Gasteiger partial charge in [-0.3, -0.25) is 4.79 Å². The van der Waals surface area contributed by atoms with Crippen molar-refractivity contribution in [1.29, 1.82) is 0 Å². The van der Waals surface area contributed by atoms with Crippen molar-refractivity contribution in [1.82, 2.24) is 5.32 Å². The van der Waals surface area contributed by atoms with Crippen LogP contribution in [-0.2, 0) is 10.2 Å². The number of nitrogens with one attached hydrogen (secondary N) is 1. The standard InChI is InChI=1S/C15H22BrNO2/c1-11(18)7-8-17-10-15(2,3)13-9-12(16)5-6-14(13)19-4/h5-6,9,17H,7-8,10H2,1-4H3. The molecular formula is C15H22BrNO2. The third-order valence-electron chi connectivity index (χ3n) is 3.11. The minimum absolute atomic E-state index is 0.0636. The lowest BCUT2D eigenvalue weighted by Gasteiger charge is -2.27. The van der Waals surface area contributed by atoms with Gasteiger partial charge in [0.15, 0.2) is 0 Å². The SMILES string of the molecule is COc1ccc(Br)cc1C(C)(C)CNCCC(C)=O. The van der Waals surface area contributed by atoms with Gasteiger partial charge < -0.3 is 10.1 Å². The second-order valence-electron chi connectivity index (χ2n) is 5.36. The average Bonchev–Trinajstić information content (AvgIpc) is 2.34. The van der Waals surface area contributed by atoms with Gasteiger partial charge in [0.05, 0.1) is 7.11 Å². The molecule has 19 heavy (non-hydrogen) atoms. The van der Waals surface area contributed by atoms with E-state index in [1.54, 1.807) is 14.0 Å². The number of halogens is 1. The van der Waals surface area contributed by atoms with Crippen molar-refractivity contribution in [3.8, 4) is 5.75 Å². The average molecular weight is 328 g/mol. The molecule has 0 radical (unpaired) electrons. The van der Waals surface area contributed by atoms with Crippen molar-refractivity contribution in [3.05, 3.63) is 28.2 Å². The van der Waals surface area contributed by atoms with Gasteiger partial charge in [0.2, 0.25) is 0 Å². The van der Waals surface area contributed by atoms with Gasteiger partial charge in [-0.2, -0.15) is 0 Å². The quantitative estimate of drug-likeness (QED) is 0.781.